The van der Waals surface area contributed by atoms with E-state index < -0.39 is 81.0 Å². The number of alkyl halides is 7. The van der Waals surface area contributed by atoms with E-state index in [4.69, 9.17) is 9.47 Å². The van der Waals surface area contributed by atoms with E-state index in [9.17, 15) is 65.3 Å². The number of benzene rings is 4. The summed E-state index contributed by atoms with van der Waals surface area (Å²) in [7, 11) is 3.92. The number of hydrogen-bond donors (Lipinski definition) is 4. The number of rotatable bonds is 10. The number of fused-ring (bicyclic) bond motifs is 10. The Hall–Kier alpha value is -6.75. The number of piperidine rings is 2. The van der Waals surface area contributed by atoms with Crippen LogP contribution < -0.4 is 0 Å². The van der Waals surface area contributed by atoms with E-state index in [0.29, 0.717) is 97.8 Å². The maximum atomic E-state index is 14.3. The number of ether oxygens (including phenoxy) is 2. The highest BCUT2D eigenvalue weighted by molar-refractivity contribution is 14.1. The Morgan fingerprint density at radius 2 is 1.06 bits per heavy atom. The minimum atomic E-state index is -4.51. The van der Waals surface area contributed by atoms with E-state index in [1.165, 1.54) is 33.2 Å². The van der Waals surface area contributed by atoms with E-state index in [2.05, 4.69) is 46.3 Å². The third-order valence-corrected chi connectivity index (χ3v) is 22.3. The van der Waals surface area contributed by atoms with Crippen molar-refractivity contribution in [3.05, 3.63) is 142 Å². The molecule has 10 aliphatic rings. The Labute approximate surface area is 557 Å². The van der Waals surface area contributed by atoms with Gasteiger partial charge in [-0.05, 0) is 125 Å². The molecule has 6 aromatic rings. The van der Waals surface area contributed by atoms with Crippen LogP contribution in [0.4, 0.5) is 26.3 Å². The van der Waals surface area contributed by atoms with Gasteiger partial charge in [-0.2, -0.15) is 26.3 Å². The molecule has 4 aromatic carbocycles. The fourth-order valence-electron chi connectivity index (χ4n) is 18.2. The molecule has 25 heteroatoms. The van der Waals surface area contributed by atoms with E-state index in [-0.39, 0.29) is 84.8 Å². The summed E-state index contributed by atoms with van der Waals surface area (Å²) in [6.45, 7) is 5.05. The molecule has 4 N–H and O–H groups in total. The number of aliphatic hydroxyl groups is 2. The molecule has 18 nitrogen and oxygen atoms in total. The van der Waals surface area contributed by atoms with Gasteiger partial charge in [0.15, 0.2) is 11.2 Å². The molecule has 14 atom stereocenters. The highest BCUT2D eigenvalue weighted by Crippen LogP contribution is 2.53. The fourth-order valence-corrected chi connectivity index (χ4v) is 18.2. The van der Waals surface area contributed by atoms with Gasteiger partial charge >= 0.3 is 10.4 Å². The molecule has 6 unspecified atom stereocenters. The highest BCUT2D eigenvalue weighted by Gasteiger charge is 2.71. The number of H-pyrrole nitrogens is 2. The second kappa shape index (κ2) is 23.8. The summed E-state index contributed by atoms with van der Waals surface area (Å²) in [5, 5.41) is 26.1. The van der Waals surface area contributed by atoms with Gasteiger partial charge in [0.25, 0.3) is 23.6 Å². The number of nitrogens with zero attached hydrogens (tertiary/aromatic N) is 6. The SMILES string of the molecule is CN1C[C@H](C(=O)C[C@]2(C)O[C@@]3(O)C4CCCN4C(=O)[C@H](Cc4ccccc4)N3C2=O)CC2c3cccc4[nH]c(C(F)(F)F)c(c34)CC21.CN1C[C@H](C(=O)C[C@]2(C)O[C@@]3(O)C4CCCN4C(=O)[C@H](Cc4ccccc4)N3C2=O)CC2c3cccc4[nH]cc(c34)CC21.FC(F)(F)I. The van der Waals surface area contributed by atoms with Crippen LogP contribution in [0.2, 0.25) is 0 Å². The average Bonchev–Trinajstić information content (AvgIpc) is 1.57. The number of likely N-dealkylation sites (N-methyl/N-ethyl adjacent to an activating group) is 2. The van der Waals surface area contributed by atoms with Crippen LogP contribution in [-0.2, 0) is 70.1 Å². The molecule has 16 rings (SSSR count). The van der Waals surface area contributed by atoms with Gasteiger partial charge in [-0.3, -0.25) is 38.6 Å². The first kappa shape index (κ1) is 65.5. The summed E-state index contributed by atoms with van der Waals surface area (Å²) in [5.41, 5.74) is 2.98. The third kappa shape index (κ3) is 11.2. The van der Waals surface area contributed by atoms with Gasteiger partial charge in [-0.1, -0.05) is 84.9 Å². The summed E-state index contributed by atoms with van der Waals surface area (Å²) in [4.78, 5) is 100. The lowest BCUT2D eigenvalue weighted by molar-refractivity contribution is -0.313. The normalized spacial score (nSPS) is 33.3. The first-order valence-corrected chi connectivity index (χ1v) is 33.8. The number of likely N-dealkylation sites (tertiary alicyclic amines) is 2. The number of Topliss-reactive ketones (excluding diaryl/α,β-unsaturated/α-hetero) is 2. The number of piperazine rings is 2. The largest absolute Gasteiger partial charge is 0.441 e. The minimum Gasteiger partial charge on any atom is -0.361 e. The van der Waals surface area contributed by atoms with Crippen molar-refractivity contribution in [1.29, 1.82) is 0 Å². The zero-order valence-corrected chi connectivity index (χ0v) is 55.0. The third-order valence-electron chi connectivity index (χ3n) is 22.3. The number of amides is 4. The summed E-state index contributed by atoms with van der Waals surface area (Å²) in [6.07, 6.45) is 2.31. The Morgan fingerprint density at radius 3 is 1.53 bits per heavy atom. The van der Waals surface area contributed by atoms with Crippen molar-refractivity contribution >= 4 is 79.6 Å². The molecular formula is C70H75F6IN8O10. The summed E-state index contributed by atoms with van der Waals surface area (Å²) in [5.74, 6) is -6.51. The zero-order valence-electron chi connectivity index (χ0n) is 52.9. The zero-order chi connectivity index (χ0) is 67.2. The molecule has 4 amide bonds. The molecule has 2 aliphatic carbocycles. The Balaban J connectivity index is 0.000000153. The number of carbonyl (C=O) groups excluding carboxylic acids is 6. The van der Waals surface area contributed by atoms with Gasteiger partial charge in [-0.15, -0.1) is 0 Å². The lowest BCUT2D eigenvalue weighted by atomic mass is 9.70. The first-order chi connectivity index (χ1) is 45.0. The molecule has 0 spiro atoms. The fraction of sp³-hybridized carbons (Fsp3) is 0.514. The van der Waals surface area contributed by atoms with Gasteiger partial charge in [0.2, 0.25) is 11.8 Å². The Bertz CT molecular complexity index is 4050. The molecular weight excluding hydrogens is 1350 g/mol. The smallest absolute Gasteiger partial charge is 0.361 e. The number of aromatic nitrogens is 2. The molecule has 8 aliphatic heterocycles. The number of carbonyl (C=O) groups is 6. The Morgan fingerprint density at radius 1 is 0.621 bits per heavy atom. The second-order valence-electron chi connectivity index (χ2n) is 28.2. The van der Waals surface area contributed by atoms with Gasteiger partial charge < -0.3 is 49.3 Å². The summed E-state index contributed by atoms with van der Waals surface area (Å²) in [6, 6.07) is 27.3. The van der Waals surface area contributed by atoms with Crippen molar-refractivity contribution in [1.82, 2.24) is 39.4 Å². The average molecular weight is 1430 g/mol. The van der Waals surface area contributed by atoms with Gasteiger partial charge in [-0.25, -0.2) is 0 Å². The van der Waals surface area contributed by atoms with Crippen LogP contribution in [0.25, 0.3) is 21.8 Å². The van der Waals surface area contributed by atoms with Crippen LogP contribution in [-0.4, -0.2) is 189 Å². The van der Waals surface area contributed by atoms with E-state index in [1.807, 2.05) is 78.7 Å². The van der Waals surface area contributed by atoms with E-state index in [1.54, 1.807) is 28.9 Å². The van der Waals surface area contributed by atoms with Crippen molar-refractivity contribution in [3.63, 3.8) is 0 Å². The van der Waals surface area contributed by atoms with Crippen molar-refractivity contribution in [2.24, 2.45) is 11.8 Å². The van der Waals surface area contributed by atoms with Crippen LogP contribution in [0, 0.1) is 11.8 Å². The van der Waals surface area contributed by atoms with Crippen molar-refractivity contribution < 1.29 is 74.8 Å². The van der Waals surface area contributed by atoms with Crippen molar-refractivity contribution in [3.8, 4) is 0 Å². The number of hydrogen-bond acceptors (Lipinski definition) is 12. The minimum absolute atomic E-state index is 0.0362. The van der Waals surface area contributed by atoms with Crippen LogP contribution in [0.1, 0.15) is 116 Å². The molecule has 2 aromatic heterocycles. The molecule has 0 saturated carbocycles. The lowest BCUT2D eigenvalue weighted by Crippen LogP contribution is -2.71. The number of nitrogens with one attached hydrogen (secondary N) is 2. The Kier molecular flexibility index (Phi) is 16.4. The molecule has 8 saturated heterocycles. The van der Waals surface area contributed by atoms with Crippen LogP contribution in [0.3, 0.4) is 0 Å². The maximum Gasteiger partial charge on any atom is 0.441 e. The predicted octanol–water partition coefficient (Wildman–Crippen LogP) is 8.89. The van der Waals surface area contributed by atoms with E-state index in [0.717, 1.165) is 35.0 Å². The molecule has 0 bridgehead atoms. The molecule has 0 radical (unpaired) electrons. The van der Waals surface area contributed by atoms with Gasteiger partial charge in [0.05, 0.1) is 0 Å². The maximum absolute atomic E-state index is 14.3. The predicted molar refractivity (Wildman–Crippen MR) is 343 cm³/mol. The van der Waals surface area contributed by atoms with Crippen LogP contribution >= 0.6 is 22.6 Å². The highest BCUT2D eigenvalue weighted by atomic mass is 127. The number of aromatic amines is 2. The van der Waals surface area contributed by atoms with Crippen LogP contribution in [0.5, 0.6) is 0 Å². The first-order valence-electron chi connectivity index (χ1n) is 32.7. The van der Waals surface area contributed by atoms with Crippen molar-refractivity contribution in [2.75, 3.05) is 40.3 Å². The summed E-state index contributed by atoms with van der Waals surface area (Å²) >= 11 is 0.378. The summed E-state index contributed by atoms with van der Waals surface area (Å²) < 4.78 is 81.6. The van der Waals surface area contributed by atoms with E-state index >= 15 is 0 Å². The number of ketones is 2. The monoisotopic (exact) mass is 1430 g/mol. The standard InChI is InChI=1S/C35H37F3N4O5.C34H38N4O5.CF3I/c1-33(32(45)42-26(14-19-8-4-3-5-9-19)31(44)41-13-7-12-28(41)35(42,46)47-33)17-27(43)20-15-22-21-10-6-11-24-29(21)23(16-25(22)40(2)18-20)30(39-24)34(36,37)38;1-33(17-28(39)22-15-24-23-10-6-11-25-30(23)21(18-35-25)16-26(24)36(2)19-22)32(41)38-27(14-20-8-4-3-5-9-20)31(40)37-13-7-12-29(37)34(38,42)43-33;2-1(3,4)5/h3-6,8-11,20,22,25-26,28,39,46H,7,12-18H2,1-2H3;3-6,8-11,18,22,24,26-27,29,35,42H,7,12-17,19H2,1-2H3;/t20-,22?,25?,26+,28?,33+,35+;22-,24?,26?,27+,29?,33+,34+;/m11./s1. The lowest BCUT2D eigenvalue weighted by Gasteiger charge is -2.49. The number of halogens is 7. The van der Waals surface area contributed by atoms with Crippen molar-refractivity contribution in [2.45, 2.75) is 172 Å². The molecule has 8 fully saturated rings. The van der Waals surface area contributed by atoms with Crippen LogP contribution in [0.15, 0.2) is 103 Å². The van der Waals surface area contributed by atoms with Gasteiger partial charge in [0.1, 0.15) is 41.4 Å². The quantitative estimate of drug-likeness (QED) is 0.0576. The molecule has 504 valence electrons. The second-order valence-corrected chi connectivity index (χ2v) is 29.4. The molecule has 95 heavy (non-hydrogen) atoms. The topological polar surface area (TPSA) is 212 Å². The molecule has 10 heterocycles. The van der Waals surface area contributed by atoms with Gasteiger partial charge in [0, 0.05) is 138 Å².